The highest BCUT2D eigenvalue weighted by Gasteiger charge is 2.29. The molecule has 4 rings (SSSR count). The Morgan fingerprint density at radius 3 is 2.35 bits per heavy atom. The summed E-state index contributed by atoms with van der Waals surface area (Å²) in [7, 11) is -3.50. The molecule has 1 aromatic carbocycles. The van der Waals surface area contributed by atoms with E-state index in [1.54, 1.807) is 16.4 Å². The van der Waals surface area contributed by atoms with Crippen LogP contribution in [0.2, 0.25) is 0 Å². The lowest BCUT2D eigenvalue weighted by Crippen LogP contribution is -2.48. The van der Waals surface area contributed by atoms with E-state index in [1.807, 2.05) is 17.0 Å². The molecule has 186 valence electrons. The summed E-state index contributed by atoms with van der Waals surface area (Å²) < 4.78 is 33.0. The minimum atomic E-state index is -3.50. The molecule has 2 aliphatic heterocycles. The number of rotatable bonds is 9. The smallest absolute Gasteiger partial charge is 0.243 e. The fraction of sp³-hybridized carbons (Fsp3) is 0.625. The summed E-state index contributed by atoms with van der Waals surface area (Å²) >= 11 is 0. The second-order valence-corrected chi connectivity index (χ2v) is 11.6. The molecular weight excluding hydrogens is 454 g/mol. The Morgan fingerprint density at radius 1 is 1.03 bits per heavy atom. The quantitative estimate of drug-likeness (QED) is 0.533. The fourth-order valence-electron chi connectivity index (χ4n) is 4.54. The molecule has 0 aliphatic carbocycles. The van der Waals surface area contributed by atoms with Gasteiger partial charge in [0.1, 0.15) is 0 Å². The molecule has 2 fully saturated rings. The van der Waals surface area contributed by atoms with Gasteiger partial charge in [-0.1, -0.05) is 31.1 Å². The van der Waals surface area contributed by atoms with Gasteiger partial charge in [0.25, 0.3) is 0 Å². The van der Waals surface area contributed by atoms with Crippen molar-refractivity contribution >= 4 is 15.9 Å². The van der Waals surface area contributed by atoms with E-state index in [-0.39, 0.29) is 5.91 Å². The highest BCUT2D eigenvalue weighted by Crippen LogP contribution is 2.20. The maximum atomic E-state index is 13.0. The van der Waals surface area contributed by atoms with Crippen LogP contribution in [0, 0.1) is 5.92 Å². The Hall–Kier alpha value is -2.30. The van der Waals surface area contributed by atoms with Gasteiger partial charge in [0.2, 0.25) is 21.8 Å². The number of aryl methyl sites for hydroxylation is 1. The van der Waals surface area contributed by atoms with Gasteiger partial charge in [-0.25, -0.2) is 8.42 Å². The predicted molar refractivity (Wildman–Crippen MR) is 127 cm³/mol. The van der Waals surface area contributed by atoms with Gasteiger partial charge >= 0.3 is 0 Å². The number of hydrogen-bond acceptors (Lipinski definition) is 7. The Labute approximate surface area is 202 Å². The number of sulfonamides is 1. The lowest BCUT2D eigenvalue weighted by Gasteiger charge is -2.33. The molecule has 0 spiro atoms. The van der Waals surface area contributed by atoms with Crippen molar-refractivity contribution in [1.82, 2.24) is 24.2 Å². The zero-order valence-electron chi connectivity index (χ0n) is 20.1. The molecule has 1 amide bonds. The maximum Gasteiger partial charge on any atom is 0.243 e. The van der Waals surface area contributed by atoms with Crippen LogP contribution in [0.1, 0.15) is 50.4 Å². The molecule has 10 heteroatoms. The van der Waals surface area contributed by atoms with Crippen molar-refractivity contribution in [3.05, 3.63) is 41.5 Å². The van der Waals surface area contributed by atoms with E-state index in [4.69, 9.17) is 4.52 Å². The first-order valence-corrected chi connectivity index (χ1v) is 13.7. The number of amides is 1. The van der Waals surface area contributed by atoms with Crippen LogP contribution < -0.4 is 0 Å². The van der Waals surface area contributed by atoms with Gasteiger partial charge in [-0.2, -0.15) is 9.29 Å². The second-order valence-electron chi connectivity index (χ2n) is 9.61. The SMILES string of the molecule is CC(C)Cc1ccc(S(=O)(=O)N2CCN(Cc3noc(CCC(=O)N4CCCC4)n3)CC2)cc1. The van der Waals surface area contributed by atoms with Crippen LogP contribution in [0.25, 0.3) is 0 Å². The highest BCUT2D eigenvalue weighted by molar-refractivity contribution is 7.89. The van der Waals surface area contributed by atoms with Crippen LogP contribution in [0.4, 0.5) is 0 Å². The van der Waals surface area contributed by atoms with Crippen molar-refractivity contribution in [3.8, 4) is 0 Å². The number of hydrogen-bond donors (Lipinski definition) is 0. The van der Waals surface area contributed by atoms with Gasteiger partial charge in [0, 0.05) is 52.1 Å². The van der Waals surface area contributed by atoms with Gasteiger partial charge in [0.15, 0.2) is 5.82 Å². The van der Waals surface area contributed by atoms with E-state index in [0.717, 1.165) is 37.9 Å². The molecule has 0 radical (unpaired) electrons. The number of nitrogens with zero attached hydrogens (tertiary/aromatic N) is 5. The molecule has 1 aromatic heterocycles. The van der Waals surface area contributed by atoms with Crippen molar-refractivity contribution in [2.24, 2.45) is 5.92 Å². The van der Waals surface area contributed by atoms with Gasteiger partial charge in [-0.3, -0.25) is 9.69 Å². The first-order valence-electron chi connectivity index (χ1n) is 12.2. The fourth-order valence-corrected chi connectivity index (χ4v) is 5.96. The first kappa shape index (κ1) is 24.8. The topological polar surface area (TPSA) is 99.8 Å². The normalized spacial score (nSPS) is 18.1. The van der Waals surface area contributed by atoms with Crippen molar-refractivity contribution < 1.29 is 17.7 Å². The Morgan fingerprint density at radius 2 is 1.71 bits per heavy atom. The molecule has 9 nitrogen and oxygen atoms in total. The molecule has 2 saturated heterocycles. The third kappa shape index (κ3) is 6.22. The first-order chi connectivity index (χ1) is 16.3. The second kappa shape index (κ2) is 11.0. The van der Waals surface area contributed by atoms with Gasteiger partial charge in [0.05, 0.1) is 11.4 Å². The van der Waals surface area contributed by atoms with Crippen LogP contribution in [-0.2, 0) is 34.2 Å². The molecule has 0 atom stereocenters. The van der Waals surface area contributed by atoms with E-state index in [1.165, 1.54) is 0 Å². The molecule has 0 saturated carbocycles. The molecule has 0 unspecified atom stereocenters. The predicted octanol–water partition coefficient (Wildman–Crippen LogP) is 2.33. The molecular formula is C24H35N5O4S. The van der Waals surface area contributed by atoms with Crippen molar-refractivity contribution in [2.45, 2.75) is 57.4 Å². The van der Waals surface area contributed by atoms with Crippen LogP contribution in [-0.4, -0.2) is 77.8 Å². The molecule has 2 aliphatic rings. The minimum Gasteiger partial charge on any atom is -0.343 e. The third-order valence-electron chi connectivity index (χ3n) is 6.42. The Balaban J connectivity index is 1.25. The standard InChI is InChI=1S/C24H35N5O4S/c1-19(2)17-20-5-7-21(8-6-20)34(31,32)29-15-13-27(14-16-29)18-22-25-23(33-26-22)9-10-24(30)28-11-3-4-12-28/h5-8,19H,3-4,9-18H2,1-2H3. The molecule has 34 heavy (non-hydrogen) atoms. The Bertz CT molecular complexity index is 1050. The van der Waals surface area contributed by atoms with Crippen LogP contribution >= 0.6 is 0 Å². The molecule has 0 N–H and O–H groups in total. The summed E-state index contributed by atoms with van der Waals surface area (Å²) in [5.41, 5.74) is 1.15. The number of aromatic nitrogens is 2. The summed E-state index contributed by atoms with van der Waals surface area (Å²) in [6, 6.07) is 7.26. The van der Waals surface area contributed by atoms with Crippen molar-refractivity contribution in [1.29, 1.82) is 0 Å². The average Bonchev–Trinajstić information content (AvgIpc) is 3.50. The molecule has 3 heterocycles. The summed E-state index contributed by atoms with van der Waals surface area (Å²) in [6.07, 6.45) is 3.93. The van der Waals surface area contributed by atoms with E-state index in [2.05, 4.69) is 28.9 Å². The van der Waals surface area contributed by atoms with Crippen LogP contribution in [0.15, 0.2) is 33.7 Å². The monoisotopic (exact) mass is 489 g/mol. The van der Waals surface area contributed by atoms with Crippen LogP contribution in [0.3, 0.4) is 0 Å². The maximum absolute atomic E-state index is 13.0. The van der Waals surface area contributed by atoms with E-state index in [0.29, 0.717) is 68.1 Å². The van der Waals surface area contributed by atoms with Crippen molar-refractivity contribution in [2.75, 3.05) is 39.3 Å². The number of carbonyl (C=O) groups excluding carboxylic acids is 1. The zero-order valence-corrected chi connectivity index (χ0v) is 21.0. The Kier molecular flexibility index (Phi) is 8.00. The molecule has 2 aromatic rings. The number of carbonyl (C=O) groups is 1. The summed E-state index contributed by atoms with van der Waals surface area (Å²) in [5, 5.41) is 4.05. The minimum absolute atomic E-state index is 0.143. The average molecular weight is 490 g/mol. The highest BCUT2D eigenvalue weighted by atomic mass is 32.2. The van der Waals surface area contributed by atoms with Gasteiger partial charge < -0.3 is 9.42 Å². The molecule has 0 bridgehead atoms. The van der Waals surface area contributed by atoms with Crippen molar-refractivity contribution in [3.63, 3.8) is 0 Å². The van der Waals surface area contributed by atoms with Gasteiger partial charge in [-0.05, 0) is 42.9 Å². The summed E-state index contributed by atoms with van der Waals surface area (Å²) in [5.74, 6) is 1.72. The number of benzene rings is 1. The van der Waals surface area contributed by atoms with E-state index >= 15 is 0 Å². The zero-order chi connectivity index (χ0) is 24.1. The lowest BCUT2D eigenvalue weighted by molar-refractivity contribution is -0.130. The lowest BCUT2D eigenvalue weighted by atomic mass is 10.0. The third-order valence-corrected chi connectivity index (χ3v) is 8.34. The number of piperazine rings is 1. The van der Waals surface area contributed by atoms with Crippen LogP contribution in [0.5, 0.6) is 0 Å². The van der Waals surface area contributed by atoms with Gasteiger partial charge in [-0.15, -0.1) is 0 Å². The largest absolute Gasteiger partial charge is 0.343 e. The number of likely N-dealkylation sites (tertiary alicyclic amines) is 1. The summed E-state index contributed by atoms with van der Waals surface area (Å²) in [4.78, 5) is 21.0. The van der Waals surface area contributed by atoms with E-state index in [9.17, 15) is 13.2 Å². The summed E-state index contributed by atoms with van der Waals surface area (Å²) in [6.45, 7) is 8.53. The van der Waals surface area contributed by atoms with E-state index < -0.39 is 10.0 Å².